The summed E-state index contributed by atoms with van der Waals surface area (Å²) in [7, 11) is 0. The van der Waals surface area contributed by atoms with Gasteiger partial charge in [0.25, 0.3) is 0 Å². The van der Waals surface area contributed by atoms with E-state index in [0.29, 0.717) is 5.56 Å². The Balaban J connectivity index is 2.76. The van der Waals surface area contributed by atoms with Crippen molar-refractivity contribution in [2.45, 2.75) is 26.2 Å². The van der Waals surface area contributed by atoms with Crippen molar-refractivity contribution in [1.82, 2.24) is 4.90 Å². The van der Waals surface area contributed by atoms with Gasteiger partial charge in [0.05, 0.1) is 6.54 Å². The van der Waals surface area contributed by atoms with Gasteiger partial charge in [0.1, 0.15) is 5.82 Å². The third kappa shape index (κ3) is 4.62. The summed E-state index contributed by atoms with van der Waals surface area (Å²) < 4.78 is 50.4. The topological polar surface area (TPSA) is 29.3 Å². The third-order valence-corrected chi connectivity index (χ3v) is 2.60. The molecule has 0 saturated heterocycles. The molecule has 0 saturated carbocycles. The third-order valence-electron chi connectivity index (χ3n) is 2.60. The van der Waals surface area contributed by atoms with E-state index in [0.717, 1.165) is 4.90 Å². The molecule has 6 heteroatoms. The van der Waals surface area contributed by atoms with Crippen molar-refractivity contribution in [2.24, 2.45) is 5.73 Å². The normalized spacial score (nSPS) is 12.2. The monoisotopic (exact) mass is 264 g/mol. The Kier molecular flexibility index (Phi) is 5.10. The minimum atomic E-state index is -4.27. The van der Waals surface area contributed by atoms with Crippen molar-refractivity contribution in [1.29, 1.82) is 0 Å². The molecule has 1 rings (SSSR count). The zero-order chi connectivity index (χ0) is 13.8. The summed E-state index contributed by atoms with van der Waals surface area (Å²) in [6.07, 6.45) is -4.27. The number of halogens is 4. The van der Waals surface area contributed by atoms with Crippen LogP contribution in [0.15, 0.2) is 18.2 Å². The highest BCUT2D eigenvalue weighted by Crippen LogP contribution is 2.19. The molecule has 18 heavy (non-hydrogen) atoms. The predicted octanol–water partition coefficient (Wildman–Crippen LogP) is 2.67. The summed E-state index contributed by atoms with van der Waals surface area (Å²) in [5.74, 6) is -0.515. The van der Waals surface area contributed by atoms with Crippen LogP contribution in [-0.4, -0.2) is 24.2 Å². The standard InChI is InChI=1S/C12H16F4N2/c1-2-18(8-12(14,15)16)7-10-4-3-9(6-17)5-11(10)13/h3-5H,2,6-8,17H2,1H3. The first-order valence-corrected chi connectivity index (χ1v) is 5.62. The first kappa shape index (κ1) is 14.9. The summed E-state index contributed by atoms with van der Waals surface area (Å²) in [5.41, 5.74) is 6.22. The van der Waals surface area contributed by atoms with E-state index in [2.05, 4.69) is 0 Å². The second-order valence-corrected chi connectivity index (χ2v) is 4.05. The maximum Gasteiger partial charge on any atom is 0.401 e. The molecule has 0 aromatic heterocycles. The zero-order valence-electron chi connectivity index (χ0n) is 10.1. The Morgan fingerprint density at radius 3 is 2.39 bits per heavy atom. The fourth-order valence-electron chi connectivity index (χ4n) is 1.62. The lowest BCUT2D eigenvalue weighted by Gasteiger charge is -2.22. The first-order valence-electron chi connectivity index (χ1n) is 5.62. The Morgan fingerprint density at radius 2 is 1.94 bits per heavy atom. The van der Waals surface area contributed by atoms with Gasteiger partial charge in [-0.3, -0.25) is 4.90 Å². The van der Waals surface area contributed by atoms with Gasteiger partial charge in [-0.2, -0.15) is 13.2 Å². The van der Waals surface area contributed by atoms with E-state index >= 15 is 0 Å². The molecule has 0 aliphatic carbocycles. The number of rotatable bonds is 5. The van der Waals surface area contributed by atoms with Crippen molar-refractivity contribution in [3.05, 3.63) is 35.1 Å². The van der Waals surface area contributed by atoms with Gasteiger partial charge in [0.15, 0.2) is 0 Å². The number of alkyl halides is 3. The number of nitrogens with zero attached hydrogens (tertiary/aromatic N) is 1. The van der Waals surface area contributed by atoms with Gasteiger partial charge in [-0.1, -0.05) is 19.1 Å². The molecular weight excluding hydrogens is 248 g/mol. The average Bonchev–Trinajstić information content (AvgIpc) is 2.28. The van der Waals surface area contributed by atoms with Gasteiger partial charge in [-0.05, 0) is 18.2 Å². The summed E-state index contributed by atoms with van der Waals surface area (Å²) in [4.78, 5) is 1.14. The molecule has 0 aliphatic heterocycles. The molecular formula is C12H16F4N2. The van der Waals surface area contributed by atoms with E-state index in [1.165, 1.54) is 12.1 Å². The molecule has 0 spiro atoms. The molecule has 102 valence electrons. The van der Waals surface area contributed by atoms with Crippen molar-refractivity contribution in [2.75, 3.05) is 13.1 Å². The van der Waals surface area contributed by atoms with E-state index in [4.69, 9.17) is 5.73 Å². The van der Waals surface area contributed by atoms with E-state index in [-0.39, 0.29) is 25.2 Å². The molecule has 0 unspecified atom stereocenters. The van der Waals surface area contributed by atoms with E-state index < -0.39 is 18.5 Å². The van der Waals surface area contributed by atoms with Crippen LogP contribution in [0.2, 0.25) is 0 Å². The Bertz CT molecular complexity index is 390. The Morgan fingerprint density at radius 1 is 1.28 bits per heavy atom. The molecule has 0 aliphatic rings. The van der Waals surface area contributed by atoms with Gasteiger partial charge in [0.2, 0.25) is 0 Å². The lowest BCUT2D eigenvalue weighted by molar-refractivity contribution is -0.146. The van der Waals surface area contributed by atoms with Gasteiger partial charge in [0, 0.05) is 18.7 Å². The molecule has 0 fully saturated rings. The van der Waals surface area contributed by atoms with Crippen LogP contribution >= 0.6 is 0 Å². The minimum Gasteiger partial charge on any atom is -0.326 e. The summed E-state index contributed by atoms with van der Waals surface area (Å²) in [6, 6.07) is 4.37. The van der Waals surface area contributed by atoms with Crippen LogP contribution in [-0.2, 0) is 13.1 Å². The van der Waals surface area contributed by atoms with Gasteiger partial charge in [-0.25, -0.2) is 4.39 Å². The van der Waals surface area contributed by atoms with Crippen LogP contribution < -0.4 is 5.73 Å². The number of benzene rings is 1. The quantitative estimate of drug-likeness (QED) is 0.828. The van der Waals surface area contributed by atoms with Gasteiger partial charge >= 0.3 is 6.18 Å². The molecule has 0 atom stereocenters. The Labute approximate surface area is 103 Å². The fourth-order valence-corrected chi connectivity index (χ4v) is 1.62. The fraction of sp³-hybridized carbons (Fsp3) is 0.500. The lowest BCUT2D eigenvalue weighted by Crippen LogP contribution is -2.33. The average molecular weight is 264 g/mol. The van der Waals surface area contributed by atoms with Crippen LogP contribution in [0.25, 0.3) is 0 Å². The highest BCUT2D eigenvalue weighted by Gasteiger charge is 2.30. The number of hydrogen-bond donors (Lipinski definition) is 1. The summed E-state index contributed by atoms with van der Waals surface area (Å²) >= 11 is 0. The number of hydrogen-bond acceptors (Lipinski definition) is 2. The zero-order valence-corrected chi connectivity index (χ0v) is 10.1. The molecule has 0 bridgehead atoms. The van der Waals surface area contributed by atoms with Crippen molar-refractivity contribution < 1.29 is 17.6 Å². The predicted molar refractivity (Wildman–Crippen MR) is 61.3 cm³/mol. The van der Waals surface area contributed by atoms with Crippen molar-refractivity contribution in [3.8, 4) is 0 Å². The summed E-state index contributed by atoms with van der Waals surface area (Å²) in [6.45, 7) is 0.918. The molecule has 0 radical (unpaired) electrons. The lowest BCUT2D eigenvalue weighted by atomic mass is 10.1. The largest absolute Gasteiger partial charge is 0.401 e. The Hall–Kier alpha value is -1.14. The van der Waals surface area contributed by atoms with E-state index in [9.17, 15) is 17.6 Å². The van der Waals surface area contributed by atoms with Crippen LogP contribution in [0.1, 0.15) is 18.1 Å². The molecule has 2 nitrogen and oxygen atoms in total. The van der Waals surface area contributed by atoms with E-state index in [1.807, 2.05) is 0 Å². The van der Waals surface area contributed by atoms with Gasteiger partial charge in [-0.15, -0.1) is 0 Å². The van der Waals surface area contributed by atoms with E-state index in [1.54, 1.807) is 13.0 Å². The molecule has 1 aromatic carbocycles. The molecule has 1 aromatic rings. The van der Waals surface area contributed by atoms with Crippen molar-refractivity contribution in [3.63, 3.8) is 0 Å². The highest BCUT2D eigenvalue weighted by molar-refractivity contribution is 5.24. The highest BCUT2D eigenvalue weighted by atomic mass is 19.4. The molecule has 2 N–H and O–H groups in total. The summed E-state index contributed by atoms with van der Waals surface area (Å²) in [5, 5.41) is 0. The van der Waals surface area contributed by atoms with Crippen molar-refractivity contribution >= 4 is 0 Å². The second-order valence-electron chi connectivity index (χ2n) is 4.05. The van der Waals surface area contributed by atoms with Crippen LogP contribution in [0.5, 0.6) is 0 Å². The van der Waals surface area contributed by atoms with Crippen LogP contribution in [0.4, 0.5) is 17.6 Å². The molecule has 0 amide bonds. The molecule has 0 heterocycles. The SMILES string of the molecule is CCN(Cc1ccc(CN)cc1F)CC(F)(F)F. The second kappa shape index (κ2) is 6.15. The maximum absolute atomic E-state index is 13.6. The minimum absolute atomic E-state index is 0.0628. The number of nitrogens with two attached hydrogens (primary N) is 1. The first-order chi connectivity index (χ1) is 8.35. The maximum atomic E-state index is 13.6. The smallest absolute Gasteiger partial charge is 0.326 e. The van der Waals surface area contributed by atoms with Crippen LogP contribution in [0, 0.1) is 5.82 Å². The van der Waals surface area contributed by atoms with Crippen LogP contribution in [0.3, 0.4) is 0 Å². The van der Waals surface area contributed by atoms with Gasteiger partial charge < -0.3 is 5.73 Å².